The van der Waals surface area contributed by atoms with Gasteiger partial charge in [0.2, 0.25) is 6.54 Å². The third-order valence-electron chi connectivity index (χ3n) is 4.20. The Morgan fingerprint density at radius 3 is 2.50 bits per heavy atom. The third-order valence-corrected chi connectivity index (χ3v) is 4.20. The van der Waals surface area contributed by atoms with Gasteiger partial charge in [-0.25, -0.2) is 0 Å². The highest BCUT2D eigenvalue weighted by atomic mass is 16.6. The lowest BCUT2D eigenvalue weighted by molar-refractivity contribution is -0.481. The van der Waals surface area contributed by atoms with Crippen LogP contribution in [0.3, 0.4) is 0 Å². The molecule has 4 nitrogen and oxygen atoms in total. The van der Waals surface area contributed by atoms with E-state index in [1.165, 1.54) is 0 Å². The molecular weight excluding hydrogens is 276 g/mol. The lowest BCUT2D eigenvalue weighted by Gasteiger charge is -2.15. The summed E-state index contributed by atoms with van der Waals surface area (Å²) in [5, 5.41) is 12.3. The van der Waals surface area contributed by atoms with E-state index >= 15 is 0 Å². The fourth-order valence-electron chi connectivity index (χ4n) is 3.14. The lowest BCUT2D eigenvalue weighted by Crippen LogP contribution is -2.14. The van der Waals surface area contributed by atoms with E-state index in [2.05, 4.69) is 0 Å². The van der Waals surface area contributed by atoms with Crippen molar-refractivity contribution < 1.29 is 4.92 Å². The van der Waals surface area contributed by atoms with Gasteiger partial charge in [-0.15, -0.1) is 0 Å². The minimum Gasteiger partial charge on any atom is -0.350 e. The van der Waals surface area contributed by atoms with E-state index in [0.717, 1.165) is 27.6 Å². The molecule has 22 heavy (non-hydrogen) atoms. The summed E-state index contributed by atoms with van der Waals surface area (Å²) in [4.78, 5) is 11.0. The predicted octanol–water partition coefficient (Wildman–Crippen LogP) is 3.90. The SMILES string of the molecule is Cc1ccccc1[C@@H](C[N+](=O)[O-])c1cn(C)c2ccccc12. The largest absolute Gasteiger partial charge is 0.350 e. The van der Waals surface area contributed by atoms with Crippen LogP contribution >= 0.6 is 0 Å². The smallest absolute Gasteiger partial charge is 0.214 e. The normalized spacial score (nSPS) is 12.5. The van der Waals surface area contributed by atoms with E-state index in [-0.39, 0.29) is 17.4 Å². The zero-order valence-electron chi connectivity index (χ0n) is 12.7. The van der Waals surface area contributed by atoms with Crippen molar-refractivity contribution in [2.45, 2.75) is 12.8 Å². The molecule has 2 aromatic carbocycles. The third kappa shape index (κ3) is 2.48. The van der Waals surface area contributed by atoms with Crippen molar-refractivity contribution in [2.24, 2.45) is 7.05 Å². The zero-order valence-corrected chi connectivity index (χ0v) is 12.7. The van der Waals surface area contributed by atoms with Crippen LogP contribution in [0.5, 0.6) is 0 Å². The Bertz CT molecular complexity index is 836. The molecule has 0 saturated carbocycles. The Kier molecular flexibility index (Phi) is 3.67. The van der Waals surface area contributed by atoms with Gasteiger partial charge >= 0.3 is 0 Å². The summed E-state index contributed by atoms with van der Waals surface area (Å²) in [5.41, 5.74) is 4.22. The summed E-state index contributed by atoms with van der Waals surface area (Å²) in [6, 6.07) is 16.0. The first kappa shape index (κ1) is 14.3. The minimum absolute atomic E-state index is 0.0984. The van der Waals surface area contributed by atoms with Crippen LogP contribution in [0, 0.1) is 17.0 Å². The molecule has 0 unspecified atom stereocenters. The van der Waals surface area contributed by atoms with Gasteiger partial charge in [0, 0.05) is 29.1 Å². The van der Waals surface area contributed by atoms with Gasteiger partial charge in [0.25, 0.3) is 0 Å². The molecule has 0 bridgehead atoms. The second-order valence-electron chi connectivity index (χ2n) is 5.64. The van der Waals surface area contributed by atoms with Gasteiger partial charge in [0.15, 0.2) is 0 Å². The first-order chi connectivity index (χ1) is 10.6. The number of aryl methyl sites for hydroxylation is 2. The number of hydrogen-bond acceptors (Lipinski definition) is 2. The Morgan fingerprint density at radius 1 is 1.09 bits per heavy atom. The lowest BCUT2D eigenvalue weighted by atomic mass is 9.88. The van der Waals surface area contributed by atoms with E-state index in [0.29, 0.717) is 0 Å². The number of aromatic nitrogens is 1. The molecule has 1 heterocycles. The average molecular weight is 294 g/mol. The standard InChI is InChI=1S/C18H18N2O2/c1-13-7-3-4-8-14(13)17(12-20(21)22)16-11-19(2)18-10-6-5-9-15(16)18/h3-11,17H,12H2,1-2H3/t17-/m1/s1. The molecule has 0 saturated heterocycles. The van der Waals surface area contributed by atoms with E-state index in [9.17, 15) is 10.1 Å². The maximum atomic E-state index is 11.2. The summed E-state index contributed by atoms with van der Waals surface area (Å²) in [7, 11) is 1.98. The maximum absolute atomic E-state index is 11.2. The number of nitrogens with zero attached hydrogens (tertiary/aromatic N) is 2. The summed E-state index contributed by atoms with van der Waals surface area (Å²) in [6.07, 6.45) is 2.02. The van der Waals surface area contributed by atoms with Crippen molar-refractivity contribution in [2.75, 3.05) is 6.54 Å². The van der Waals surface area contributed by atoms with E-state index in [1.807, 2.05) is 73.3 Å². The molecule has 4 heteroatoms. The molecule has 112 valence electrons. The van der Waals surface area contributed by atoms with Crippen LogP contribution in [0.2, 0.25) is 0 Å². The number of rotatable bonds is 4. The summed E-state index contributed by atoms with van der Waals surface area (Å²) < 4.78 is 2.04. The van der Waals surface area contributed by atoms with Crippen LogP contribution in [-0.4, -0.2) is 16.0 Å². The molecule has 0 aliphatic rings. The van der Waals surface area contributed by atoms with Crippen molar-refractivity contribution in [3.05, 3.63) is 81.5 Å². The molecule has 0 N–H and O–H groups in total. The van der Waals surface area contributed by atoms with Crippen LogP contribution in [0.1, 0.15) is 22.6 Å². The van der Waals surface area contributed by atoms with Gasteiger partial charge in [0.05, 0.1) is 5.92 Å². The first-order valence-corrected chi connectivity index (χ1v) is 7.29. The Hall–Kier alpha value is -2.62. The van der Waals surface area contributed by atoms with Gasteiger partial charge < -0.3 is 4.57 Å². The second kappa shape index (κ2) is 5.64. The molecular formula is C18H18N2O2. The van der Waals surface area contributed by atoms with E-state index in [4.69, 9.17) is 0 Å². The van der Waals surface area contributed by atoms with E-state index < -0.39 is 0 Å². The molecule has 0 aliphatic carbocycles. The van der Waals surface area contributed by atoms with Crippen LogP contribution in [0.25, 0.3) is 10.9 Å². The quantitative estimate of drug-likeness (QED) is 0.541. The zero-order chi connectivity index (χ0) is 15.7. The highest BCUT2D eigenvalue weighted by Crippen LogP contribution is 2.33. The Labute approximate surface area is 129 Å². The van der Waals surface area contributed by atoms with Crippen LogP contribution < -0.4 is 0 Å². The molecule has 0 fully saturated rings. The van der Waals surface area contributed by atoms with Crippen LogP contribution in [0.15, 0.2) is 54.7 Å². The summed E-state index contributed by atoms with van der Waals surface area (Å²) in [5.74, 6) is -0.234. The molecule has 1 aromatic heterocycles. The van der Waals surface area contributed by atoms with Crippen molar-refractivity contribution in [3.63, 3.8) is 0 Å². The molecule has 3 aromatic rings. The molecule has 0 aliphatic heterocycles. The highest BCUT2D eigenvalue weighted by molar-refractivity contribution is 5.85. The fourth-order valence-corrected chi connectivity index (χ4v) is 3.14. The van der Waals surface area contributed by atoms with Gasteiger partial charge in [-0.1, -0.05) is 42.5 Å². The minimum atomic E-state index is -0.234. The average Bonchev–Trinajstić information content (AvgIpc) is 2.83. The molecule has 0 radical (unpaired) electrons. The van der Waals surface area contributed by atoms with Crippen molar-refractivity contribution in [3.8, 4) is 0 Å². The summed E-state index contributed by atoms with van der Waals surface area (Å²) >= 11 is 0. The fraction of sp³-hybridized carbons (Fsp3) is 0.222. The van der Waals surface area contributed by atoms with E-state index in [1.54, 1.807) is 0 Å². The van der Waals surface area contributed by atoms with Gasteiger partial charge in [-0.2, -0.15) is 0 Å². The second-order valence-corrected chi connectivity index (χ2v) is 5.64. The van der Waals surface area contributed by atoms with Crippen molar-refractivity contribution in [1.82, 2.24) is 4.57 Å². The first-order valence-electron chi connectivity index (χ1n) is 7.29. The molecule has 1 atom stereocenters. The van der Waals surface area contributed by atoms with Gasteiger partial charge in [0.1, 0.15) is 0 Å². The Balaban J connectivity index is 2.21. The van der Waals surface area contributed by atoms with Crippen LogP contribution in [-0.2, 0) is 7.05 Å². The number of benzene rings is 2. The van der Waals surface area contributed by atoms with Crippen molar-refractivity contribution >= 4 is 10.9 Å². The number of hydrogen-bond donors (Lipinski definition) is 0. The number of nitro groups is 1. The van der Waals surface area contributed by atoms with Gasteiger partial charge in [-0.05, 0) is 29.7 Å². The number of fused-ring (bicyclic) bond motifs is 1. The monoisotopic (exact) mass is 294 g/mol. The van der Waals surface area contributed by atoms with Crippen LogP contribution in [0.4, 0.5) is 0 Å². The predicted molar refractivity (Wildman–Crippen MR) is 87.8 cm³/mol. The highest BCUT2D eigenvalue weighted by Gasteiger charge is 2.25. The topological polar surface area (TPSA) is 48.1 Å². The number of para-hydroxylation sites is 1. The van der Waals surface area contributed by atoms with Gasteiger partial charge in [-0.3, -0.25) is 10.1 Å². The Morgan fingerprint density at radius 2 is 1.77 bits per heavy atom. The molecule has 0 spiro atoms. The maximum Gasteiger partial charge on any atom is 0.214 e. The molecule has 0 amide bonds. The summed E-state index contributed by atoms with van der Waals surface area (Å²) in [6.45, 7) is 1.91. The molecule has 3 rings (SSSR count). The van der Waals surface area contributed by atoms with Crippen molar-refractivity contribution in [1.29, 1.82) is 0 Å².